The number of aromatic nitrogens is 2. The van der Waals surface area contributed by atoms with Gasteiger partial charge in [0.2, 0.25) is 0 Å². The molecule has 0 spiro atoms. The van der Waals surface area contributed by atoms with Crippen LogP contribution in [-0.4, -0.2) is 20.2 Å². The van der Waals surface area contributed by atoms with Crippen molar-refractivity contribution in [3.8, 4) is 0 Å². The Morgan fingerprint density at radius 2 is 1.91 bits per heavy atom. The van der Waals surface area contributed by atoms with Gasteiger partial charge in [-0.15, -0.1) is 11.3 Å². The van der Waals surface area contributed by atoms with Crippen LogP contribution in [0.4, 0.5) is 8.78 Å². The van der Waals surface area contributed by atoms with Gasteiger partial charge < -0.3 is 5.11 Å². The van der Waals surface area contributed by atoms with E-state index in [9.17, 15) is 23.2 Å². The van der Waals surface area contributed by atoms with Gasteiger partial charge >= 0.3 is 11.7 Å². The SMILES string of the molecule is CCCn1c(=O)c2c(C(F)F)c(C(=O)O)sc2n(CC)c1=O. The van der Waals surface area contributed by atoms with Crippen molar-refractivity contribution >= 4 is 27.5 Å². The lowest BCUT2D eigenvalue weighted by Gasteiger charge is -2.09. The predicted molar refractivity (Wildman–Crippen MR) is 78.2 cm³/mol. The second-order valence-corrected chi connectivity index (χ2v) is 5.61. The van der Waals surface area contributed by atoms with E-state index in [1.165, 1.54) is 0 Å². The maximum absolute atomic E-state index is 13.3. The van der Waals surface area contributed by atoms with Crippen molar-refractivity contribution in [1.82, 2.24) is 9.13 Å². The maximum atomic E-state index is 13.3. The molecular weight excluding hydrogens is 318 g/mol. The second-order valence-electron chi connectivity index (χ2n) is 4.61. The van der Waals surface area contributed by atoms with Crippen molar-refractivity contribution in [3.63, 3.8) is 0 Å². The minimum absolute atomic E-state index is 0.0162. The van der Waals surface area contributed by atoms with Crippen LogP contribution in [-0.2, 0) is 13.1 Å². The number of carboxylic acid groups (broad SMARTS) is 1. The zero-order chi connectivity index (χ0) is 16.6. The molecule has 0 aliphatic rings. The number of hydrogen-bond donors (Lipinski definition) is 1. The standard InChI is InChI=1S/C13H14F2N2O4S/c1-3-5-17-10(18)7-6(9(14)15)8(12(19)20)22-11(7)16(4-2)13(17)21/h9H,3-5H2,1-2H3,(H,19,20). The summed E-state index contributed by atoms with van der Waals surface area (Å²) in [5.74, 6) is -1.53. The third kappa shape index (κ3) is 2.35. The van der Waals surface area contributed by atoms with E-state index in [-0.39, 0.29) is 23.3 Å². The molecule has 0 aliphatic carbocycles. The van der Waals surface area contributed by atoms with Gasteiger partial charge in [0, 0.05) is 13.1 Å². The average molecular weight is 332 g/mol. The van der Waals surface area contributed by atoms with Crippen molar-refractivity contribution in [1.29, 1.82) is 0 Å². The Morgan fingerprint density at radius 3 is 2.36 bits per heavy atom. The zero-order valence-corrected chi connectivity index (χ0v) is 12.7. The monoisotopic (exact) mass is 332 g/mol. The predicted octanol–water partition coefficient (Wildman–Crippen LogP) is 2.29. The molecule has 0 fully saturated rings. The highest BCUT2D eigenvalue weighted by molar-refractivity contribution is 7.20. The second kappa shape index (κ2) is 5.99. The van der Waals surface area contributed by atoms with Crippen LogP contribution in [0.5, 0.6) is 0 Å². The topological polar surface area (TPSA) is 81.3 Å². The van der Waals surface area contributed by atoms with Gasteiger partial charge in [0.05, 0.1) is 10.9 Å². The summed E-state index contributed by atoms with van der Waals surface area (Å²) in [6.07, 6.45) is -2.63. The first-order valence-corrected chi connectivity index (χ1v) is 7.48. The van der Waals surface area contributed by atoms with Gasteiger partial charge in [-0.1, -0.05) is 6.92 Å². The van der Waals surface area contributed by atoms with E-state index >= 15 is 0 Å². The summed E-state index contributed by atoms with van der Waals surface area (Å²) in [6.45, 7) is 3.62. The van der Waals surface area contributed by atoms with Crippen LogP contribution in [0.15, 0.2) is 9.59 Å². The van der Waals surface area contributed by atoms with E-state index in [1.807, 2.05) is 0 Å². The number of fused-ring (bicyclic) bond motifs is 1. The quantitative estimate of drug-likeness (QED) is 0.911. The fourth-order valence-corrected chi connectivity index (χ4v) is 3.55. The molecule has 0 atom stereocenters. The van der Waals surface area contributed by atoms with Gasteiger partial charge in [-0.05, 0) is 13.3 Å². The molecule has 2 aromatic rings. The number of thiophene rings is 1. The molecule has 2 aromatic heterocycles. The third-order valence-electron chi connectivity index (χ3n) is 3.27. The van der Waals surface area contributed by atoms with E-state index in [1.54, 1.807) is 13.8 Å². The van der Waals surface area contributed by atoms with Crippen LogP contribution < -0.4 is 11.2 Å². The molecule has 0 aromatic carbocycles. The summed E-state index contributed by atoms with van der Waals surface area (Å²) in [5.41, 5.74) is -2.27. The van der Waals surface area contributed by atoms with E-state index < -0.39 is 34.1 Å². The fourth-order valence-electron chi connectivity index (χ4n) is 2.35. The Kier molecular flexibility index (Phi) is 4.45. The van der Waals surface area contributed by atoms with Crippen LogP contribution >= 0.6 is 11.3 Å². The van der Waals surface area contributed by atoms with E-state index in [0.29, 0.717) is 17.8 Å². The van der Waals surface area contributed by atoms with Crippen LogP contribution in [0.3, 0.4) is 0 Å². The Hall–Kier alpha value is -2.03. The molecule has 2 heterocycles. The minimum Gasteiger partial charge on any atom is -0.477 e. The summed E-state index contributed by atoms with van der Waals surface area (Å²) < 4.78 is 28.6. The highest BCUT2D eigenvalue weighted by atomic mass is 32.1. The molecule has 0 amide bonds. The van der Waals surface area contributed by atoms with Crippen LogP contribution in [0.25, 0.3) is 10.2 Å². The number of hydrogen-bond acceptors (Lipinski definition) is 4. The summed E-state index contributed by atoms with van der Waals surface area (Å²) in [6, 6.07) is 0. The lowest BCUT2D eigenvalue weighted by atomic mass is 10.2. The summed E-state index contributed by atoms with van der Waals surface area (Å²) in [7, 11) is 0. The maximum Gasteiger partial charge on any atom is 0.346 e. The van der Waals surface area contributed by atoms with E-state index in [0.717, 1.165) is 9.13 Å². The van der Waals surface area contributed by atoms with E-state index in [2.05, 4.69) is 0 Å². The van der Waals surface area contributed by atoms with Crippen molar-refractivity contribution in [2.45, 2.75) is 39.8 Å². The lowest BCUT2D eigenvalue weighted by molar-refractivity contribution is 0.0691. The smallest absolute Gasteiger partial charge is 0.346 e. The normalized spacial score (nSPS) is 11.5. The number of carboxylic acids is 1. The van der Waals surface area contributed by atoms with Crippen LogP contribution in [0.2, 0.25) is 0 Å². The number of aryl methyl sites for hydroxylation is 1. The van der Waals surface area contributed by atoms with Gasteiger partial charge in [0.25, 0.3) is 12.0 Å². The average Bonchev–Trinajstić information content (AvgIpc) is 2.85. The number of aromatic carboxylic acids is 1. The van der Waals surface area contributed by atoms with Crippen molar-refractivity contribution in [3.05, 3.63) is 31.3 Å². The number of carbonyl (C=O) groups is 1. The molecule has 6 nitrogen and oxygen atoms in total. The molecule has 0 radical (unpaired) electrons. The number of rotatable bonds is 5. The fraction of sp³-hybridized carbons (Fsp3) is 0.462. The van der Waals surface area contributed by atoms with Crippen molar-refractivity contribution in [2.24, 2.45) is 0 Å². The Labute approximate surface area is 127 Å². The third-order valence-corrected chi connectivity index (χ3v) is 4.48. The first-order valence-electron chi connectivity index (χ1n) is 6.66. The lowest BCUT2D eigenvalue weighted by Crippen LogP contribution is -2.39. The first kappa shape index (κ1) is 16.3. The molecular formula is C13H14F2N2O4S. The Bertz CT molecular complexity index is 850. The highest BCUT2D eigenvalue weighted by Crippen LogP contribution is 2.35. The summed E-state index contributed by atoms with van der Waals surface area (Å²) in [5, 5.41) is 8.72. The summed E-state index contributed by atoms with van der Waals surface area (Å²) in [4.78, 5) is 35.2. The molecule has 9 heteroatoms. The van der Waals surface area contributed by atoms with Crippen molar-refractivity contribution in [2.75, 3.05) is 0 Å². The molecule has 0 bridgehead atoms. The van der Waals surface area contributed by atoms with Gasteiger partial charge in [0.1, 0.15) is 9.71 Å². The highest BCUT2D eigenvalue weighted by Gasteiger charge is 2.29. The Morgan fingerprint density at radius 1 is 1.27 bits per heavy atom. The molecule has 0 aliphatic heterocycles. The molecule has 2 rings (SSSR count). The van der Waals surface area contributed by atoms with Gasteiger partial charge in [-0.3, -0.25) is 13.9 Å². The van der Waals surface area contributed by atoms with Crippen LogP contribution in [0, 0.1) is 0 Å². The molecule has 120 valence electrons. The largest absolute Gasteiger partial charge is 0.477 e. The van der Waals surface area contributed by atoms with Gasteiger partial charge in [-0.2, -0.15) is 0 Å². The van der Waals surface area contributed by atoms with Crippen LogP contribution in [0.1, 0.15) is 41.9 Å². The van der Waals surface area contributed by atoms with Crippen molar-refractivity contribution < 1.29 is 18.7 Å². The first-order chi connectivity index (χ1) is 10.3. The molecule has 0 unspecified atom stereocenters. The number of alkyl halides is 2. The molecule has 22 heavy (non-hydrogen) atoms. The van der Waals surface area contributed by atoms with Gasteiger partial charge in [0.15, 0.2) is 0 Å². The summed E-state index contributed by atoms with van der Waals surface area (Å²) >= 11 is 0.537. The number of nitrogens with zero attached hydrogens (tertiary/aromatic N) is 2. The number of halogens is 2. The molecule has 0 saturated heterocycles. The zero-order valence-electron chi connectivity index (χ0n) is 11.9. The minimum atomic E-state index is -3.11. The molecule has 0 saturated carbocycles. The van der Waals surface area contributed by atoms with E-state index in [4.69, 9.17) is 5.11 Å². The Balaban J connectivity index is 3.08. The van der Waals surface area contributed by atoms with Gasteiger partial charge in [-0.25, -0.2) is 18.4 Å². The molecule has 1 N–H and O–H groups in total.